The smallest absolute Gasteiger partial charge is 0.137 e. The molecule has 0 atom stereocenters. The van der Waals surface area contributed by atoms with Gasteiger partial charge in [0.1, 0.15) is 22.8 Å². The van der Waals surface area contributed by atoms with E-state index in [1.165, 1.54) is 12.1 Å². The first kappa shape index (κ1) is 24.5. The molecule has 39 heavy (non-hydrogen) atoms. The number of pyridine rings is 3. The molecule has 5 aromatic heterocycles. The number of nitrogens with one attached hydrogen (secondary N) is 3. The molecule has 0 aliphatic rings. The van der Waals surface area contributed by atoms with Crippen LogP contribution in [-0.2, 0) is 0 Å². The standard InChI is InChI=1S/C29H27FN8O/c1-38(2)9-8-32-20-11-17(10-19(30)13-20)27-22-14-26(34-24(22)6-7-33-27)29-28-25(36-37-29)5-4-23(35-28)18-12-21(39-3)16-31-15-18/h4-7,10-16,32,34H,8-9H2,1-3H3,(H,36,37). The number of nitrogens with zero attached hydrogens (tertiary/aromatic N) is 5. The second kappa shape index (κ2) is 10.1. The minimum Gasteiger partial charge on any atom is -0.495 e. The van der Waals surface area contributed by atoms with E-state index in [9.17, 15) is 4.39 Å². The second-order valence-electron chi connectivity index (χ2n) is 9.54. The van der Waals surface area contributed by atoms with Crippen molar-refractivity contribution in [3.8, 4) is 39.7 Å². The first-order chi connectivity index (χ1) is 19.0. The zero-order chi connectivity index (χ0) is 26.9. The summed E-state index contributed by atoms with van der Waals surface area (Å²) in [5.74, 6) is 0.335. The predicted octanol–water partition coefficient (Wildman–Crippen LogP) is 5.35. The molecule has 5 heterocycles. The van der Waals surface area contributed by atoms with Crippen LogP contribution in [-0.4, -0.2) is 69.3 Å². The van der Waals surface area contributed by atoms with Gasteiger partial charge in [0, 0.05) is 53.2 Å². The Hall–Kier alpha value is -4.83. The van der Waals surface area contributed by atoms with Crippen LogP contribution in [0.15, 0.2) is 67.1 Å². The van der Waals surface area contributed by atoms with E-state index in [4.69, 9.17) is 9.72 Å². The van der Waals surface area contributed by atoms with E-state index in [-0.39, 0.29) is 5.82 Å². The maximum atomic E-state index is 14.6. The van der Waals surface area contributed by atoms with Gasteiger partial charge in [-0.3, -0.25) is 15.1 Å². The number of aromatic nitrogens is 6. The zero-order valence-corrected chi connectivity index (χ0v) is 21.8. The number of fused-ring (bicyclic) bond motifs is 2. The SMILES string of the molecule is COc1cncc(-c2ccc3[nH]nc(-c4cc5c(-c6cc(F)cc(NCCN(C)C)c6)nccc5[nH]4)c3n2)c1. The number of rotatable bonds is 8. The minimum atomic E-state index is -0.323. The topological polar surface area (TPSA) is 108 Å². The van der Waals surface area contributed by atoms with E-state index < -0.39 is 0 Å². The number of likely N-dealkylation sites (N-methyl/N-ethyl adjacent to an activating group) is 1. The number of halogens is 1. The largest absolute Gasteiger partial charge is 0.495 e. The molecule has 196 valence electrons. The van der Waals surface area contributed by atoms with Crippen molar-refractivity contribution in [2.24, 2.45) is 0 Å². The number of hydrogen-bond acceptors (Lipinski definition) is 7. The Kier molecular flexibility index (Phi) is 6.37. The van der Waals surface area contributed by atoms with Gasteiger partial charge in [-0.15, -0.1) is 0 Å². The van der Waals surface area contributed by atoms with Crippen molar-refractivity contribution in [1.82, 2.24) is 35.0 Å². The van der Waals surface area contributed by atoms with Gasteiger partial charge in [0.25, 0.3) is 0 Å². The summed E-state index contributed by atoms with van der Waals surface area (Å²) in [5.41, 5.74) is 7.52. The van der Waals surface area contributed by atoms with Crippen LogP contribution in [0.4, 0.5) is 10.1 Å². The molecule has 0 fully saturated rings. The Morgan fingerprint density at radius 1 is 0.974 bits per heavy atom. The van der Waals surface area contributed by atoms with E-state index >= 15 is 0 Å². The van der Waals surface area contributed by atoms with Crippen LogP contribution in [0.3, 0.4) is 0 Å². The molecule has 6 rings (SSSR count). The molecule has 0 spiro atoms. The van der Waals surface area contributed by atoms with Crippen molar-refractivity contribution >= 4 is 27.6 Å². The highest BCUT2D eigenvalue weighted by Gasteiger charge is 2.17. The minimum absolute atomic E-state index is 0.323. The first-order valence-electron chi connectivity index (χ1n) is 12.5. The van der Waals surface area contributed by atoms with Gasteiger partial charge in [-0.25, -0.2) is 9.37 Å². The fourth-order valence-corrected chi connectivity index (χ4v) is 4.58. The molecule has 10 heteroatoms. The average molecular weight is 523 g/mol. The van der Waals surface area contributed by atoms with Crippen molar-refractivity contribution in [3.63, 3.8) is 0 Å². The Labute approximate surface area is 224 Å². The van der Waals surface area contributed by atoms with E-state index in [2.05, 4.69) is 35.4 Å². The Balaban J connectivity index is 1.40. The van der Waals surface area contributed by atoms with Gasteiger partial charge in [-0.1, -0.05) is 0 Å². The molecule has 0 bridgehead atoms. The summed E-state index contributed by atoms with van der Waals surface area (Å²) in [4.78, 5) is 19.3. The van der Waals surface area contributed by atoms with Crippen LogP contribution in [0.5, 0.6) is 5.75 Å². The monoisotopic (exact) mass is 522 g/mol. The third-order valence-electron chi connectivity index (χ3n) is 6.51. The van der Waals surface area contributed by atoms with Crippen molar-refractivity contribution < 1.29 is 9.13 Å². The summed E-state index contributed by atoms with van der Waals surface area (Å²) < 4.78 is 19.9. The predicted molar refractivity (Wildman–Crippen MR) is 151 cm³/mol. The lowest BCUT2D eigenvalue weighted by Crippen LogP contribution is -2.20. The van der Waals surface area contributed by atoms with E-state index in [1.807, 2.05) is 50.5 Å². The third-order valence-corrected chi connectivity index (χ3v) is 6.51. The van der Waals surface area contributed by atoms with Crippen LogP contribution >= 0.6 is 0 Å². The number of ether oxygens (including phenoxy) is 1. The molecule has 0 unspecified atom stereocenters. The van der Waals surface area contributed by atoms with Crippen LogP contribution in [0.25, 0.3) is 55.8 Å². The van der Waals surface area contributed by atoms with Crippen molar-refractivity contribution in [2.75, 3.05) is 39.6 Å². The van der Waals surface area contributed by atoms with Crippen LogP contribution in [0, 0.1) is 5.82 Å². The highest BCUT2D eigenvalue weighted by Crippen LogP contribution is 2.34. The van der Waals surface area contributed by atoms with E-state index in [0.717, 1.165) is 45.4 Å². The highest BCUT2D eigenvalue weighted by atomic mass is 19.1. The van der Waals surface area contributed by atoms with Crippen molar-refractivity contribution in [3.05, 3.63) is 72.9 Å². The summed E-state index contributed by atoms with van der Waals surface area (Å²) in [5, 5.41) is 11.8. The third kappa shape index (κ3) is 4.89. The molecule has 0 saturated carbocycles. The van der Waals surface area contributed by atoms with Crippen LogP contribution in [0.2, 0.25) is 0 Å². The van der Waals surface area contributed by atoms with Gasteiger partial charge < -0.3 is 19.9 Å². The Morgan fingerprint density at radius 2 is 1.87 bits per heavy atom. The van der Waals surface area contributed by atoms with Gasteiger partial charge >= 0.3 is 0 Å². The highest BCUT2D eigenvalue weighted by molar-refractivity contribution is 5.99. The van der Waals surface area contributed by atoms with Gasteiger partial charge in [0.05, 0.1) is 35.9 Å². The Morgan fingerprint density at radius 3 is 2.72 bits per heavy atom. The van der Waals surface area contributed by atoms with E-state index in [0.29, 0.717) is 34.9 Å². The molecule has 9 nitrogen and oxygen atoms in total. The number of anilines is 1. The molecule has 3 N–H and O–H groups in total. The van der Waals surface area contributed by atoms with Crippen molar-refractivity contribution in [2.45, 2.75) is 0 Å². The zero-order valence-electron chi connectivity index (χ0n) is 21.8. The maximum absolute atomic E-state index is 14.6. The second-order valence-corrected chi connectivity index (χ2v) is 9.54. The van der Waals surface area contributed by atoms with Gasteiger partial charge in [0.2, 0.25) is 0 Å². The molecule has 0 amide bonds. The molecule has 0 saturated heterocycles. The lowest BCUT2D eigenvalue weighted by molar-refractivity contribution is 0.413. The summed E-state index contributed by atoms with van der Waals surface area (Å²) in [6, 6.07) is 14.6. The van der Waals surface area contributed by atoms with Crippen LogP contribution < -0.4 is 10.1 Å². The molecule has 1 aromatic carbocycles. The summed E-state index contributed by atoms with van der Waals surface area (Å²) in [6.07, 6.45) is 5.12. The van der Waals surface area contributed by atoms with Crippen LogP contribution in [0.1, 0.15) is 0 Å². The summed E-state index contributed by atoms with van der Waals surface area (Å²) in [6.45, 7) is 1.54. The number of aromatic amines is 2. The fourth-order valence-electron chi connectivity index (χ4n) is 4.58. The van der Waals surface area contributed by atoms with Gasteiger partial charge in [0.15, 0.2) is 0 Å². The Bertz CT molecular complexity index is 1790. The quantitative estimate of drug-likeness (QED) is 0.247. The number of methoxy groups -OCH3 is 1. The van der Waals surface area contributed by atoms with Crippen molar-refractivity contribution in [1.29, 1.82) is 0 Å². The number of hydrogen-bond donors (Lipinski definition) is 3. The maximum Gasteiger partial charge on any atom is 0.137 e. The lowest BCUT2D eigenvalue weighted by Gasteiger charge is -2.12. The molecule has 0 aliphatic carbocycles. The first-order valence-corrected chi connectivity index (χ1v) is 12.5. The lowest BCUT2D eigenvalue weighted by atomic mass is 10.1. The average Bonchev–Trinajstić information content (AvgIpc) is 3.56. The fraction of sp³-hybridized carbons (Fsp3) is 0.172. The number of H-pyrrole nitrogens is 2. The molecular formula is C29H27FN8O. The van der Waals surface area contributed by atoms with E-state index in [1.54, 1.807) is 25.7 Å². The molecule has 0 radical (unpaired) electrons. The summed E-state index contributed by atoms with van der Waals surface area (Å²) in [7, 11) is 5.61. The molecular weight excluding hydrogens is 495 g/mol. The number of benzene rings is 1. The van der Waals surface area contributed by atoms with Gasteiger partial charge in [-0.2, -0.15) is 5.10 Å². The van der Waals surface area contributed by atoms with Gasteiger partial charge in [-0.05, 0) is 62.6 Å². The summed E-state index contributed by atoms with van der Waals surface area (Å²) >= 11 is 0. The molecule has 6 aromatic rings. The normalized spacial score (nSPS) is 11.5. The molecule has 0 aliphatic heterocycles.